The first-order chi connectivity index (χ1) is 7.25. The van der Waals surface area contributed by atoms with Gasteiger partial charge in [-0.15, -0.1) is 0 Å². The molecule has 0 aromatic heterocycles. The van der Waals surface area contributed by atoms with Crippen LogP contribution < -0.4 is 5.32 Å². The van der Waals surface area contributed by atoms with E-state index >= 15 is 0 Å². The van der Waals surface area contributed by atoms with Crippen molar-refractivity contribution in [2.75, 3.05) is 25.5 Å². The quantitative estimate of drug-likeness (QED) is 0.828. The van der Waals surface area contributed by atoms with Crippen LogP contribution in [0.3, 0.4) is 0 Å². The van der Waals surface area contributed by atoms with Gasteiger partial charge in [-0.1, -0.05) is 17.7 Å². The van der Waals surface area contributed by atoms with Crippen LogP contribution in [0.15, 0.2) is 24.3 Å². The molecule has 1 fully saturated rings. The first kappa shape index (κ1) is 10.8. The Morgan fingerprint density at radius 1 is 1.47 bits per heavy atom. The van der Waals surface area contributed by atoms with Gasteiger partial charge in [-0.05, 0) is 38.1 Å². The molecule has 0 amide bonds. The van der Waals surface area contributed by atoms with E-state index in [9.17, 15) is 0 Å². The second-order valence-electron chi connectivity index (χ2n) is 4.15. The van der Waals surface area contributed by atoms with Gasteiger partial charge in [0, 0.05) is 29.8 Å². The molecule has 15 heavy (non-hydrogen) atoms. The van der Waals surface area contributed by atoms with Crippen molar-refractivity contribution in [1.82, 2.24) is 4.90 Å². The largest absolute Gasteiger partial charge is 0.384 e. The van der Waals surface area contributed by atoms with Crippen LogP contribution in [0.5, 0.6) is 0 Å². The molecule has 82 valence electrons. The second kappa shape index (κ2) is 4.86. The standard InChI is InChI=1S/C12H17ClN2/c1-15(12-5-6-12)8-7-14-11-4-2-3-10(13)9-11/h2-4,9,12,14H,5-8H2,1H3. The highest BCUT2D eigenvalue weighted by Crippen LogP contribution is 2.24. The lowest BCUT2D eigenvalue weighted by molar-refractivity contribution is 0.337. The molecule has 1 N–H and O–H groups in total. The Morgan fingerprint density at radius 3 is 2.93 bits per heavy atom. The molecule has 0 heterocycles. The molecule has 0 atom stereocenters. The van der Waals surface area contributed by atoms with Crippen molar-refractivity contribution in [3.05, 3.63) is 29.3 Å². The Labute approximate surface area is 96.2 Å². The van der Waals surface area contributed by atoms with Crippen LogP contribution in [0.2, 0.25) is 5.02 Å². The molecule has 0 spiro atoms. The SMILES string of the molecule is CN(CCNc1cccc(Cl)c1)C1CC1. The van der Waals surface area contributed by atoms with E-state index in [0.29, 0.717) is 0 Å². The minimum absolute atomic E-state index is 0.788. The number of halogens is 1. The molecule has 3 heteroatoms. The molecule has 0 aliphatic heterocycles. The fraction of sp³-hybridized carbons (Fsp3) is 0.500. The molecule has 1 aromatic rings. The zero-order chi connectivity index (χ0) is 10.7. The van der Waals surface area contributed by atoms with Gasteiger partial charge in [0.25, 0.3) is 0 Å². The van der Waals surface area contributed by atoms with E-state index in [0.717, 1.165) is 29.8 Å². The molecule has 0 bridgehead atoms. The highest BCUT2D eigenvalue weighted by molar-refractivity contribution is 6.30. The van der Waals surface area contributed by atoms with Crippen molar-refractivity contribution in [3.63, 3.8) is 0 Å². The third-order valence-corrected chi connectivity index (χ3v) is 3.02. The molecule has 2 nitrogen and oxygen atoms in total. The summed E-state index contributed by atoms with van der Waals surface area (Å²) in [6, 6.07) is 8.70. The minimum atomic E-state index is 0.788. The maximum absolute atomic E-state index is 5.90. The molecular weight excluding hydrogens is 208 g/mol. The van der Waals surface area contributed by atoms with E-state index in [4.69, 9.17) is 11.6 Å². The minimum Gasteiger partial charge on any atom is -0.384 e. The summed E-state index contributed by atoms with van der Waals surface area (Å²) in [5.74, 6) is 0. The van der Waals surface area contributed by atoms with Crippen molar-refractivity contribution >= 4 is 17.3 Å². The summed E-state index contributed by atoms with van der Waals surface area (Å²) >= 11 is 5.90. The second-order valence-corrected chi connectivity index (χ2v) is 4.59. The lowest BCUT2D eigenvalue weighted by atomic mass is 10.3. The summed E-state index contributed by atoms with van der Waals surface area (Å²) in [6.07, 6.45) is 2.74. The molecule has 0 unspecified atom stereocenters. The Balaban J connectivity index is 1.73. The third-order valence-electron chi connectivity index (χ3n) is 2.79. The van der Waals surface area contributed by atoms with Crippen LogP contribution in [-0.2, 0) is 0 Å². The van der Waals surface area contributed by atoms with E-state index in [1.807, 2.05) is 24.3 Å². The van der Waals surface area contributed by atoms with Crippen LogP contribution in [0.1, 0.15) is 12.8 Å². The van der Waals surface area contributed by atoms with Gasteiger partial charge in [0.1, 0.15) is 0 Å². The van der Waals surface area contributed by atoms with Gasteiger partial charge >= 0.3 is 0 Å². The van der Waals surface area contributed by atoms with Gasteiger partial charge in [-0.25, -0.2) is 0 Å². The van der Waals surface area contributed by atoms with Crippen molar-refractivity contribution in [1.29, 1.82) is 0 Å². The number of nitrogens with one attached hydrogen (secondary N) is 1. The molecular formula is C12H17ClN2. The summed E-state index contributed by atoms with van der Waals surface area (Å²) in [6.45, 7) is 2.07. The van der Waals surface area contributed by atoms with Crippen molar-refractivity contribution in [3.8, 4) is 0 Å². The molecule has 2 rings (SSSR count). The number of rotatable bonds is 5. The normalized spacial score (nSPS) is 15.7. The molecule has 1 aliphatic carbocycles. The molecule has 1 aliphatic rings. The Kier molecular flexibility index (Phi) is 3.49. The Hall–Kier alpha value is -0.730. The Morgan fingerprint density at radius 2 is 2.27 bits per heavy atom. The Bertz CT molecular complexity index is 323. The van der Waals surface area contributed by atoms with Gasteiger partial charge in [0.2, 0.25) is 0 Å². The zero-order valence-corrected chi connectivity index (χ0v) is 9.80. The van der Waals surface area contributed by atoms with Gasteiger partial charge in [-0.2, -0.15) is 0 Å². The van der Waals surface area contributed by atoms with Gasteiger partial charge in [0.15, 0.2) is 0 Å². The molecule has 0 saturated heterocycles. The topological polar surface area (TPSA) is 15.3 Å². The van der Waals surface area contributed by atoms with E-state index in [1.54, 1.807) is 0 Å². The van der Waals surface area contributed by atoms with Gasteiger partial charge < -0.3 is 10.2 Å². The van der Waals surface area contributed by atoms with E-state index < -0.39 is 0 Å². The van der Waals surface area contributed by atoms with Crippen LogP contribution >= 0.6 is 11.6 Å². The third kappa shape index (κ3) is 3.40. The molecule has 1 saturated carbocycles. The average molecular weight is 225 g/mol. The van der Waals surface area contributed by atoms with Crippen LogP contribution in [0.4, 0.5) is 5.69 Å². The summed E-state index contributed by atoms with van der Waals surface area (Å²) in [7, 11) is 2.19. The van der Waals surface area contributed by atoms with E-state index in [1.165, 1.54) is 12.8 Å². The first-order valence-corrected chi connectivity index (χ1v) is 5.83. The fourth-order valence-corrected chi connectivity index (χ4v) is 1.86. The zero-order valence-electron chi connectivity index (χ0n) is 9.04. The van der Waals surface area contributed by atoms with Crippen LogP contribution in [-0.4, -0.2) is 31.1 Å². The van der Waals surface area contributed by atoms with Crippen molar-refractivity contribution < 1.29 is 0 Å². The highest BCUT2D eigenvalue weighted by Gasteiger charge is 2.25. The molecule has 1 aromatic carbocycles. The average Bonchev–Trinajstić information content (AvgIpc) is 3.00. The predicted octanol–water partition coefficient (Wildman–Crippen LogP) is 2.85. The summed E-state index contributed by atoms with van der Waals surface area (Å²) in [5.41, 5.74) is 1.10. The maximum atomic E-state index is 5.90. The number of hydrogen-bond acceptors (Lipinski definition) is 2. The summed E-state index contributed by atoms with van der Waals surface area (Å²) in [4.78, 5) is 2.41. The first-order valence-electron chi connectivity index (χ1n) is 5.45. The number of anilines is 1. The number of likely N-dealkylation sites (N-methyl/N-ethyl adjacent to an activating group) is 1. The van der Waals surface area contributed by atoms with Crippen LogP contribution in [0.25, 0.3) is 0 Å². The maximum Gasteiger partial charge on any atom is 0.0426 e. The van der Waals surface area contributed by atoms with Gasteiger partial charge in [0.05, 0.1) is 0 Å². The van der Waals surface area contributed by atoms with Crippen molar-refractivity contribution in [2.24, 2.45) is 0 Å². The molecule has 0 radical (unpaired) electrons. The lowest BCUT2D eigenvalue weighted by Crippen LogP contribution is -2.26. The van der Waals surface area contributed by atoms with Crippen molar-refractivity contribution in [2.45, 2.75) is 18.9 Å². The summed E-state index contributed by atoms with van der Waals surface area (Å²) < 4.78 is 0. The predicted molar refractivity (Wildman–Crippen MR) is 65.6 cm³/mol. The highest BCUT2D eigenvalue weighted by atomic mass is 35.5. The summed E-state index contributed by atoms with van der Waals surface area (Å²) in [5, 5.41) is 4.16. The van der Waals surface area contributed by atoms with Gasteiger partial charge in [-0.3, -0.25) is 0 Å². The van der Waals surface area contributed by atoms with Crippen LogP contribution in [0, 0.1) is 0 Å². The monoisotopic (exact) mass is 224 g/mol. The van der Waals surface area contributed by atoms with E-state index in [-0.39, 0.29) is 0 Å². The number of nitrogens with zero attached hydrogens (tertiary/aromatic N) is 1. The lowest BCUT2D eigenvalue weighted by Gasteiger charge is -2.16. The number of benzene rings is 1. The van der Waals surface area contributed by atoms with E-state index in [2.05, 4.69) is 17.3 Å². The smallest absolute Gasteiger partial charge is 0.0426 e. The number of hydrogen-bond donors (Lipinski definition) is 1. The fourth-order valence-electron chi connectivity index (χ4n) is 1.67.